The zero-order chi connectivity index (χ0) is 22.9. The van der Waals surface area contributed by atoms with Gasteiger partial charge in [0.1, 0.15) is 11.4 Å². The number of carbonyl (C=O) groups is 1. The molecule has 0 bridgehead atoms. The molecule has 2 saturated heterocycles. The summed E-state index contributed by atoms with van der Waals surface area (Å²) in [5.74, 6) is 2.12. The Morgan fingerprint density at radius 3 is 2.70 bits per heavy atom. The van der Waals surface area contributed by atoms with Crippen molar-refractivity contribution < 1.29 is 14.3 Å². The predicted octanol–water partition coefficient (Wildman–Crippen LogP) is 4.23. The number of aromatic nitrogens is 2. The van der Waals surface area contributed by atoms with Gasteiger partial charge in [0, 0.05) is 49.9 Å². The highest BCUT2D eigenvalue weighted by atomic mass is 16.5. The van der Waals surface area contributed by atoms with E-state index in [4.69, 9.17) is 9.47 Å². The number of amides is 1. The van der Waals surface area contributed by atoms with Gasteiger partial charge in [0.15, 0.2) is 0 Å². The number of para-hydroxylation sites is 1. The van der Waals surface area contributed by atoms with Gasteiger partial charge in [-0.05, 0) is 57.1 Å². The summed E-state index contributed by atoms with van der Waals surface area (Å²) < 4.78 is 13.0. The number of nitrogens with one attached hydrogen (secondary N) is 1. The summed E-state index contributed by atoms with van der Waals surface area (Å²) in [5.41, 5.74) is 1.05. The molecule has 0 radical (unpaired) electrons. The van der Waals surface area contributed by atoms with Crippen molar-refractivity contribution in [1.29, 1.82) is 0 Å². The Labute approximate surface area is 195 Å². The number of nitrogens with zero attached hydrogens (tertiary/aromatic N) is 3. The number of likely N-dealkylation sites (tertiary alicyclic amines) is 1. The van der Waals surface area contributed by atoms with E-state index in [1.165, 1.54) is 5.56 Å². The van der Waals surface area contributed by atoms with Crippen LogP contribution in [0.1, 0.15) is 57.6 Å². The molecule has 1 aromatic heterocycles. The van der Waals surface area contributed by atoms with Crippen LogP contribution in [0.2, 0.25) is 0 Å². The number of piperidine rings is 1. The van der Waals surface area contributed by atoms with Crippen LogP contribution < -0.4 is 10.1 Å². The fourth-order valence-corrected chi connectivity index (χ4v) is 5.67. The number of ether oxygens (including phenoxy) is 2. The molecule has 1 spiro atoms. The number of fused-ring (bicyclic) bond motifs is 3. The topological polar surface area (TPSA) is 76.6 Å². The highest BCUT2D eigenvalue weighted by Crippen LogP contribution is 2.55. The van der Waals surface area contributed by atoms with E-state index in [1.807, 2.05) is 17.0 Å². The van der Waals surface area contributed by atoms with Gasteiger partial charge in [-0.15, -0.1) is 0 Å². The molecular weight excluding hydrogens is 416 g/mol. The molecule has 176 valence electrons. The molecule has 7 heteroatoms. The Hall–Kier alpha value is -2.67. The van der Waals surface area contributed by atoms with Crippen LogP contribution in [0.25, 0.3) is 0 Å². The van der Waals surface area contributed by atoms with Crippen molar-refractivity contribution in [1.82, 2.24) is 14.9 Å². The largest absolute Gasteiger partial charge is 0.487 e. The minimum absolute atomic E-state index is 0.0938. The van der Waals surface area contributed by atoms with Crippen LogP contribution in [-0.2, 0) is 9.53 Å². The molecule has 1 N–H and O–H groups in total. The van der Waals surface area contributed by atoms with E-state index in [2.05, 4.69) is 41.3 Å². The van der Waals surface area contributed by atoms with Crippen LogP contribution in [0.4, 0.5) is 5.95 Å². The number of rotatable bonds is 5. The SMILES string of the molecule is CC1(C)Oc2ccccc2[C@H]2OCC3(CCN(C(=O)CCCNc4ncccn4)CC3)C[C@@H]21. The second kappa shape index (κ2) is 8.93. The van der Waals surface area contributed by atoms with Crippen LogP contribution in [0.5, 0.6) is 5.75 Å². The molecule has 0 aliphatic carbocycles. The van der Waals surface area contributed by atoms with Crippen molar-refractivity contribution in [2.45, 2.75) is 57.7 Å². The molecule has 0 saturated carbocycles. The average Bonchev–Trinajstić information content (AvgIpc) is 2.83. The van der Waals surface area contributed by atoms with Gasteiger partial charge in [-0.3, -0.25) is 4.79 Å². The zero-order valence-corrected chi connectivity index (χ0v) is 19.6. The molecule has 2 atom stereocenters. The number of carbonyl (C=O) groups excluding carboxylic acids is 1. The average molecular weight is 451 g/mol. The lowest BCUT2D eigenvalue weighted by Crippen LogP contribution is -2.54. The van der Waals surface area contributed by atoms with Gasteiger partial charge in [-0.2, -0.15) is 0 Å². The molecule has 2 aromatic rings. The van der Waals surface area contributed by atoms with Gasteiger partial charge in [0.25, 0.3) is 0 Å². The van der Waals surface area contributed by atoms with Gasteiger partial charge in [-0.1, -0.05) is 18.2 Å². The van der Waals surface area contributed by atoms with E-state index in [1.54, 1.807) is 18.5 Å². The Morgan fingerprint density at radius 2 is 1.91 bits per heavy atom. The summed E-state index contributed by atoms with van der Waals surface area (Å²) in [7, 11) is 0. The maximum atomic E-state index is 12.8. The van der Waals surface area contributed by atoms with Crippen molar-refractivity contribution in [3.8, 4) is 5.75 Å². The third-order valence-corrected chi connectivity index (χ3v) is 7.67. The van der Waals surface area contributed by atoms with Crippen LogP contribution in [-0.4, -0.2) is 52.6 Å². The summed E-state index contributed by atoms with van der Waals surface area (Å²) in [6.07, 6.45) is 7.91. The number of hydrogen-bond donors (Lipinski definition) is 1. The molecule has 7 nitrogen and oxygen atoms in total. The lowest BCUT2D eigenvalue weighted by Gasteiger charge is -2.54. The third-order valence-electron chi connectivity index (χ3n) is 7.67. The fraction of sp³-hybridized carbons (Fsp3) is 0.577. The van der Waals surface area contributed by atoms with Crippen molar-refractivity contribution in [2.24, 2.45) is 11.3 Å². The van der Waals surface area contributed by atoms with Crippen molar-refractivity contribution >= 4 is 11.9 Å². The van der Waals surface area contributed by atoms with Crippen molar-refractivity contribution in [3.05, 3.63) is 48.3 Å². The lowest BCUT2D eigenvalue weighted by molar-refractivity contribution is -0.176. The van der Waals surface area contributed by atoms with Crippen LogP contribution in [0.15, 0.2) is 42.7 Å². The standard InChI is InChI=1S/C26H34N4O3/c1-25(2)20-17-26(18-32-23(20)19-7-3-4-8-21(19)33-25)10-15-30(16-11-26)22(31)9-5-12-27-24-28-13-6-14-29-24/h3-4,6-8,13-14,20,23H,5,9-12,15-18H2,1-2H3,(H,27,28,29)/t20-,23+/m0/s1. The lowest BCUT2D eigenvalue weighted by atomic mass is 9.64. The molecule has 33 heavy (non-hydrogen) atoms. The molecule has 2 fully saturated rings. The Morgan fingerprint density at radius 1 is 1.15 bits per heavy atom. The van der Waals surface area contributed by atoms with Gasteiger partial charge in [0.2, 0.25) is 11.9 Å². The van der Waals surface area contributed by atoms with E-state index >= 15 is 0 Å². The maximum Gasteiger partial charge on any atom is 0.222 e. The molecular formula is C26H34N4O3. The monoisotopic (exact) mass is 450 g/mol. The maximum absolute atomic E-state index is 12.8. The first kappa shape index (κ1) is 22.1. The van der Waals surface area contributed by atoms with Gasteiger partial charge >= 0.3 is 0 Å². The summed E-state index contributed by atoms with van der Waals surface area (Å²) in [4.78, 5) is 23.1. The normalized spacial score (nSPS) is 25.0. The van der Waals surface area contributed by atoms with Crippen molar-refractivity contribution in [2.75, 3.05) is 31.6 Å². The zero-order valence-electron chi connectivity index (χ0n) is 19.6. The third kappa shape index (κ3) is 4.56. The smallest absolute Gasteiger partial charge is 0.222 e. The van der Waals surface area contributed by atoms with Gasteiger partial charge in [-0.25, -0.2) is 9.97 Å². The first-order valence-corrected chi connectivity index (χ1v) is 12.1. The number of hydrogen-bond acceptors (Lipinski definition) is 6. The molecule has 5 rings (SSSR count). The van der Waals surface area contributed by atoms with E-state index in [9.17, 15) is 4.79 Å². The molecule has 3 aliphatic heterocycles. The Balaban J connectivity index is 1.14. The summed E-state index contributed by atoms with van der Waals surface area (Å²) in [5, 5.41) is 3.17. The summed E-state index contributed by atoms with van der Waals surface area (Å²) in [6.45, 7) is 7.47. The van der Waals surface area contributed by atoms with E-state index in [0.29, 0.717) is 24.8 Å². The summed E-state index contributed by atoms with van der Waals surface area (Å²) in [6, 6.07) is 10.1. The van der Waals surface area contributed by atoms with E-state index < -0.39 is 0 Å². The second-order valence-corrected chi connectivity index (χ2v) is 10.3. The first-order valence-electron chi connectivity index (χ1n) is 12.1. The first-order chi connectivity index (χ1) is 16.0. The van der Waals surface area contributed by atoms with Crippen molar-refractivity contribution in [3.63, 3.8) is 0 Å². The quantitative estimate of drug-likeness (QED) is 0.687. The molecule has 0 unspecified atom stereocenters. The minimum Gasteiger partial charge on any atom is -0.487 e. The number of benzene rings is 1. The minimum atomic E-state index is -0.269. The highest BCUT2D eigenvalue weighted by Gasteiger charge is 2.52. The highest BCUT2D eigenvalue weighted by molar-refractivity contribution is 5.76. The fourth-order valence-electron chi connectivity index (χ4n) is 5.67. The molecule has 1 amide bonds. The molecule has 1 aromatic carbocycles. The predicted molar refractivity (Wildman–Crippen MR) is 126 cm³/mol. The van der Waals surface area contributed by atoms with Crippen LogP contribution >= 0.6 is 0 Å². The Bertz CT molecular complexity index is 973. The van der Waals surface area contributed by atoms with Crippen LogP contribution in [0.3, 0.4) is 0 Å². The molecule has 3 aliphatic rings. The van der Waals surface area contributed by atoms with Crippen LogP contribution in [0, 0.1) is 11.3 Å². The van der Waals surface area contributed by atoms with Gasteiger partial charge in [0.05, 0.1) is 12.7 Å². The van der Waals surface area contributed by atoms with Gasteiger partial charge < -0.3 is 19.7 Å². The summed E-state index contributed by atoms with van der Waals surface area (Å²) >= 11 is 0. The van der Waals surface area contributed by atoms with E-state index in [-0.39, 0.29) is 23.0 Å². The number of anilines is 1. The second-order valence-electron chi connectivity index (χ2n) is 10.3. The Kier molecular flexibility index (Phi) is 5.99. The molecule has 4 heterocycles. The van der Waals surface area contributed by atoms with E-state index in [0.717, 1.165) is 51.1 Å².